The Kier molecular flexibility index (Phi) is 7.28. The molecule has 0 aliphatic carbocycles. The van der Waals surface area contributed by atoms with Gasteiger partial charge in [-0.2, -0.15) is 0 Å². The Morgan fingerprint density at radius 1 is 0.595 bits per heavy atom. The van der Waals surface area contributed by atoms with Crippen molar-refractivity contribution < 1.29 is 18.4 Å². The van der Waals surface area contributed by atoms with E-state index in [1.165, 1.54) is 34.1 Å². The second-order valence-electron chi connectivity index (χ2n) is 9.76. The highest BCUT2D eigenvalue weighted by Gasteiger charge is 2.33. The van der Waals surface area contributed by atoms with E-state index in [2.05, 4.69) is 34.3 Å². The number of carbonyl (C=O) groups is 2. The van der Waals surface area contributed by atoms with Crippen molar-refractivity contribution in [3.8, 4) is 23.7 Å². The lowest BCUT2D eigenvalue weighted by Gasteiger charge is -2.37. The summed E-state index contributed by atoms with van der Waals surface area (Å²) < 4.78 is 28.0. The van der Waals surface area contributed by atoms with Gasteiger partial charge in [-0.05, 0) is 71.5 Å². The van der Waals surface area contributed by atoms with Gasteiger partial charge in [0.1, 0.15) is 24.0 Å². The number of carbonyl (C=O) groups excluding carboxylic acids is 2. The first-order valence-electron chi connectivity index (χ1n) is 13.3. The molecule has 6 rings (SSSR count). The molecule has 2 aliphatic heterocycles. The van der Waals surface area contributed by atoms with Crippen molar-refractivity contribution in [2.75, 3.05) is 23.7 Å². The smallest absolute Gasteiger partial charge is 0.258 e. The van der Waals surface area contributed by atoms with Crippen LogP contribution in [-0.4, -0.2) is 34.7 Å². The van der Waals surface area contributed by atoms with E-state index in [4.69, 9.17) is 0 Å². The third-order valence-corrected chi connectivity index (χ3v) is 7.11. The summed E-state index contributed by atoms with van der Waals surface area (Å²) >= 11 is 0. The molecule has 2 aliphatic rings. The number of para-hydroxylation sites is 2. The van der Waals surface area contributed by atoms with Gasteiger partial charge >= 0.3 is 0 Å². The lowest BCUT2D eigenvalue weighted by molar-refractivity contribution is 0.0703. The summed E-state index contributed by atoms with van der Waals surface area (Å²) in [4.78, 5) is 29.8. The molecule has 0 fully saturated rings. The third-order valence-electron chi connectivity index (χ3n) is 7.11. The molecule has 0 bridgehead atoms. The monoisotopic (exact) mass is 558 g/mol. The van der Waals surface area contributed by atoms with Crippen molar-refractivity contribution in [3.05, 3.63) is 131 Å². The largest absolute Gasteiger partial charge is 0.361 e. The average molecular weight is 559 g/mol. The topological polar surface area (TPSA) is 64.7 Å². The van der Waals surface area contributed by atoms with Gasteiger partial charge in [0.05, 0.1) is 24.2 Å². The van der Waals surface area contributed by atoms with Gasteiger partial charge in [0, 0.05) is 11.4 Å². The van der Waals surface area contributed by atoms with Crippen molar-refractivity contribution in [1.29, 1.82) is 0 Å². The molecule has 0 spiro atoms. The Morgan fingerprint density at radius 2 is 1.02 bits per heavy atom. The summed E-state index contributed by atoms with van der Waals surface area (Å²) in [6.45, 7) is 0.0824. The second-order valence-corrected chi connectivity index (χ2v) is 9.76. The summed E-state index contributed by atoms with van der Waals surface area (Å²) in [7, 11) is 0. The Morgan fingerprint density at radius 3 is 1.45 bits per heavy atom. The van der Waals surface area contributed by atoms with Gasteiger partial charge in [0.25, 0.3) is 11.8 Å². The number of hydrogen-bond donors (Lipinski definition) is 2. The predicted octanol–water partition coefficient (Wildman–Crippen LogP) is 5.80. The summed E-state index contributed by atoms with van der Waals surface area (Å²) in [6, 6.07) is 26.4. The Balaban J connectivity index is 1.22. The Bertz CT molecular complexity index is 1680. The minimum Gasteiger partial charge on any atom is -0.361 e. The van der Waals surface area contributed by atoms with Crippen molar-refractivity contribution >= 4 is 23.2 Å². The number of nitrogens with one attached hydrogen (secondary N) is 2. The van der Waals surface area contributed by atoms with Crippen LogP contribution in [-0.2, 0) is 0 Å². The quantitative estimate of drug-likeness (QED) is 0.311. The van der Waals surface area contributed by atoms with Crippen LogP contribution in [0.1, 0.15) is 44.2 Å². The molecule has 4 aromatic carbocycles. The number of amides is 2. The van der Waals surface area contributed by atoms with Gasteiger partial charge in [-0.15, -0.1) is 0 Å². The molecule has 6 nitrogen and oxygen atoms in total. The van der Waals surface area contributed by atoms with E-state index in [0.29, 0.717) is 33.6 Å². The number of nitrogens with zero attached hydrogens (tertiary/aromatic N) is 2. The molecule has 4 aromatic rings. The third kappa shape index (κ3) is 5.26. The number of anilines is 2. The first-order chi connectivity index (χ1) is 20.5. The van der Waals surface area contributed by atoms with Crippen LogP contribution in [0, 0.1) is 35.3 Å². The zero-order valence-electron chi connectivity index (χ0n) is 22.3. The lowest BCUT2D eigenvalue weighted by atomic mass is 10.0. The molecule has 2 heterocycles. The molecule has 2 amide bonds. The first kappa shape index (κ1) is 26.6. The summed E-state index contributed by atoms with van der Waals surface area (Å²) in [6.07, 6.45) is -1.23. The van der Waals surface area contributed by atoms with Crippen LogP contribution in [0.2, 0.25) is 0 Å². The van der Waals surface area contributed by atoms with Crippen molar-refractivity contribution in [2.45, 2.75) is 12.3 Å². The average Bonchev–Trinajstić information content (AvgIpc) is 3.00. The van der Waals surface area contributed by atoms with Crippen LogP contribution < -0.4 is 10.6 Å². The fourth-order valence-corrected chi connectivity index (χ4v) is 5.13. The summed E-state index contributed by atoms with van der Waals surface area (Å²) in [5.74, 6) is 10.1. The molecule has 0 saturated heterocycles. The van der Waals surface area contributed by atoms with E-state index in [0.717, 1.165) is 0 Å². The molecule has 206 valence electrons. The molecule has 42 heavy (non-hydrogen) atoms. The molecule has 0 aromatic heterocycles. The molecule has 0 saturated carbocycles. The van der Waals surface area contributed by atoms with E-state index in [1.54, 1.807) is 60.7 Å². The van der Waals surface area contributed by atoms with Crippen molar-refractivity contribution in [2.24, 2.45) is 0 Å². The van der Waals surface area contributed by atoms with Crippen LogP contribution in [0.3, 0.4) is 0 Å². The fourth-order valence-electron chi connectivity index (χ4n) is 5.13. The highest BCUT2D eigenvalue weighted by molar-refractivity contribution is 6.02. The van der Waals surface area contributed by atoms with E-state index < -0.39 is 24.0 Å². The maximum atomic E-state index is 14.0. The highest BCUT2D eigenvalue weighted by Crippen LogP contribution is 2.34. The van der Waals surface area contributed by atoms with Crippen LogP contribution in [0.15, 0.2) is 97.1 Å². The van der Waals surface area contributed by atoms with Gasteiger partial charge in [-0.3, -0.25) is 9.59 Å². The minimum atomic E-state index is -0.616. The van der Waals surface area contributed by atoms with Crippen LogP contribution in [0.25, 0.3) is 0 Å². The van der Waals surface area contributed by atoms with E-state index in [1.807, 2.05) is 12.1 Å². The number of benzene rings is 4. The SMILES string of the molecule is O=C1c2ccccc2NC(c2cccc(F)c2)N1CC#CC#CCN1C(=O)c2ccccc2NC1c1cccc(F)c1. The maximum Gasteiger partial charge on any atom is 0.258 e. The van der Waals surface area contributed by atoms with Crippen LogP contribution in [0.5, 0.6) is 0 Å². The van der Waals surface area contributed by atoms with Gasteiger partial charge < -0.3 is 20.4 Å². The maximum absolute atomic E-state index is 14.0. The Labute approximate surface area is 242 Å². The number of rotatable bonds is 4. The van der Waals surface area contributed by atoms with Crippen molar-refractivity contribution in [1.82, 2.24) is 9.80 Å². The highest BCUT2D eigenvalue weighted by atomic mass is 19.1. The van der Waals surface area contributed by atoms with E-state index in [9.17, 15) is 18.4 Å². The van der Waals surface area contributed by atoms with Crippen LogP contribution in [0.4, 0.5) is 20.2 Å². The van der Waals surface area contributed by atoms with Gasteiger partial charge in [-0.1, -0.05) is 60.4 Å². The van der Waals surface area contributed by atoms with Gasteiger partial charge in [-0.25, -0.2) is 8.78 Å². The molecule has 8 heteroatoms. The van der Waals surface area contributed by atoms with Crippen LogP contribution >= 0.6 is 0 Å². The number of fused-ring (bicyclic) bond motifs is 2. The van der Waals surface area contributed by atoms with Gasteiger partial charge in [0.2, 0.25) is 0 Å². The first-order valence-corrected chi connectivity index (χ1v) is 13.3. The van der Waals surface area contributed by atoms with E-state index >= 15 is 0 Å². The van der Waals surface area contributed by atoms with Crippen molar-refractivity contribution in [3.63, 3.8) is 0 Å². The fraction of sp³-hybridized carbons (Fsp3) is 0.118. The van der Waals surface area contributed by atoms with E-state index in [-0.39, 0.29) is 24.9 Å². The van der Waals surface area contributed by atoms with Gasteiger partial charge in [0.15, 0.2) is 0 Å². The molecular weight excluding hydrogens is 534 g/mol. The summed E-state index contributed by atoms with van der Waals surface area (Å²) in [5.41, 5.74) is 3.50. The molecule has 2 atom stereocenters. The summed E-state index contributed by atoms with van der Waals surface area (Å²) in [5, 5.41) is 6.62. The zero-order valence-corrected chi connectivity index (χ0v) is 22.3. The normalized spacial score (nSPS) is 17.0. The molecule has 2 N–H and O–H groups in total. The number of halogens is 2. The predicted molar refractivity (Wildman–Crippen MR) is 156 cm³/mol. The standard InChI is InChI=1S/C34H24F2N4O2/c35-25-13-9-11-23(21-25)31-37-29-17-5-3-15-27(29)33(41)39(31)19-7-1-2-8-20-40-32(24-12-10-14-26(36)22-24)38-30-18-6-4-16-28(30)34(40)42/h3-6,9-18,21-22,31-32,37-38H,19-20H2. The zero-order chi connectivity index (χ0) is 29.1. The molecule has 2 unspecified atom stereocenters. The molecular formula is C34H24F2N4O2. The Hall–Kier alpha value is -5.60. The number of hydrogen-bond acceptors (Lipinski definition) is 4. The second kappa shape index (κ2) is 11.5. The lowest BCUT2D eigenvalue weighted by Crippen LogP contribution is -2.43. The molecule has 0 radical (unpaired) electrons. The minimum absolute atomic E-state index is 0.0412.